The summed E-state index contributed by atoms with van der Waals surface area (Å²) in [5, 5.41) is 13.8. The fourth-order valence-electron chi connectivity index (χ4n) is 1.28. The third-order valence-corrected chi connectivity index (χ3v) is 2.50. The second-order valence-corrected chi connectivity index (χ2v) is 3.96. The number of nitro groups is 1. The number of rotatable bonds is 5. The molecule has 1 atom stereocenters. The van der Waals surface area contributed by atoms with E-state index in [1.807, 2.05) is 0 Å². The molecule has 0 aliphatic rings. The molecule has 0 saturated heterocycles. The van der Waals surface area contributed by atoms with Gasteiger partial charge < -0.3 is 11.1 Å². The van der Waals surface area contributed by atoms with E-state index in [-0.39, 0.29) is 5.69 Å². The van der Waals surface area contributed by atoms with Crippen LogP contribution in [0.2, 0.25) is 0 Å². The maximum Gasteiger partial charge on any atom is 0.273 e. The van der Waals surface area contributed by atoms with Crippen molar-refractivity contribution in [2.75, 3.05) is 17.6 Å². The topological polar surface area (TPSA) is 81.2 Å². The third kappa shape index (κ3) is 3.42. The largest absolute Gasteiger partial charge is 0.398 e. The molecule has 0 heterocycles. The second kappa shape index (κ2) is 5.34. The van der Waals surface area contributed by atoms with E-state index in [0.29, 0.717) is 17.3 Å². The lowest BCUT2D eigenvalue weighted by Gasteiger charge is -2.11. The van der Waals surface area contributed by atoms with Gasteiger partial charge in [0.25, 0.3) is 5.69 Å². The van der Waals surface area contributed by atoms with Crippen LogP contribution < -0.4 is 11.1 Å². The molecule has 3 N–H and O–H groups in total. The Bertz CT molecular complexity index is 379. The van der Waals surface area contributed by atoms with Crippen molar-refractivity contribution in [3.63, 3.8) is 0 Å². The highest BCUT2D eigenvalue weighted by Gasteiger charge is 2.08. The van der Waals surface area contributed by atoms with Crippen LogP contribution >= 0.6 is 0 Å². The highest BCUT2D eigenvalue weighted by molar-refractivity contribution is 5.61. The predicted octanol–water partition coefficient (Wildman–Crippen LogP) is 2.63. The van der Waals surface area contributed by atoms with Gasteiger partial charge in [-0.05, 0) is 12.0 Å². The van der Waals surface area contributed by atoms with Crippen molar-refractivity contribution in [1.82, 2.24) is 0 Å². The Labute approximate surface area is 94.8 Å². The molecule has 5 heteroatoms. The molecule has 1 aromatic carbocycles. The summed E-state index contributed by atoms with van der Waals surface area (Å²) in [6, 6.07) is 4.56. The number of nitrogens with one attached hydrogen (secondary N) is 1. The van der Waals surface area contributed by atoms with Crippen LogP contribution in [0.25, 0.3) is 0 Å². The monoisotopic (exact) mass is 223 g/mol. The fraction of sp³-hybridized carbons (Fsp3) is 0.455. The van der Waals surface area contributed by atoms with Crippen molar-refractivity contribution in [3.8, 4) is 0 Å². The van der Waals surface area contributed by atoms with Crippen LogP contribution in [0.15, 0.2) is 18.2 Å². The number of nitrogens with two attached hydrogens (primary N) is 1. The summed E-state index contributed by atoms with van der Waals surface area (Å²) in [6.45, 7) is 5.01. The molecule has 1 aromatic rings. The first-order chi connectivity index (χ1) is 7.52. The SMILES string of the molecule is CCC(C)CNc1cc(N)cc([N+](=O)[O-])c1. The van der Waals surface area contributed by atoms with Gasteiger partial charge in [0.05, 0.1) is 4.92 Å². The van der Waals surface area contributed by atoms with Gasteiger partial charge in [0.15, 0.2) is 0 Å². The van der Waals surface area contributed by atoms with Crippen LogP contribution in [0.1, 0.15) is 20.3 Å². The van der Waals surface area contributed by atoms with Crippen LogP contribution in [-0.4, -0.2) is 11.5 Å². The van der Waals surface area contributed by atoms with Crippen LogP contribution in [0.3, 0.4) is 0 Å². The van der Waals surface area contributed by atoms with Crippen molar-refractivity contribution >= 4 is 17.1 Å². The van der Waals surface area contributed by atoms with Crippen LogP contribution in [0.5, 0.6) is 0 Å². The molecular weight excluding hydrogens is 206 g/mol. The summed E-state index contributed by atoms with van der Waals surface area (Å²) >= 11 is 0. The van der Waals surface area contributed by atoms with Gasteiger partial charge >= 0.3 is 0 Å². The second-order valence-electron chi connectivity index (χ2n) is 3.96. The lowest BCUT2D eigenvalue weighted by molar-refractivity contribution is -0.384. The zero-order valence-electron chi connectivity index (χ0n) is 9.56. The van der Waals surface area contributed by atoms with Crippen molar-refractivity contribution in [3.05, 3.63) is 28.3 Å². The molecule has 0 aliphatic heterocycles. The van der Waals surface area contributed by atoms with Gasteiger partial charge in [-0.15, -0.1) is 0 Å². The first-order valence-corrected chi connectivity index (χ1v) is 5.31. The molecule has 0 aromatic heterocycles. The van der Waals surface area contributed by atoms with E-state index in [1.165, 1.54) is 12.1 Å². The van der Waals surface area contributed by atoms with Crippen LogP contribution in [0.4, 0.5) is 17.1 Å². The van der Waals surface area contributed by atoms with E-state index in [9.17, 15) is 10.1 Å². The zero-order chi connectivity index (χ0) is 12.1. The molecular formula is C11H17N3O2. The minimum atomic E-state index is -0.440. The van der Waals surface area contributed by atoms with E-state index < -0.39 is 4.92 Å². The van der Waals surface area contributed by atoms with Gasteiger partial charge in [-0.2, -0.15) is 0 Å². The summed E-state index contributed by atoms with van der Waals surface area (Å²) in [5.74, 6) is 0.528. The molecule has 1 rings (SSSR count). The molecule has 16 heavy (non-hydrogen) atoms. The number of benzene rings is 1. The van der Waals surface area contributed by atoms with Gasteiger partial charge in [-0.25, -0.2) is 0 Å². The van der Waals surface area contributed by atoms with Gasteiger partial charge in [0, 0.05) is 30.1 Å². The smallest absolute Gasteiger partial charge is 0.273 e. The minimum absolute atomic E-state index is 0.0200. The average molecular weight is 223 g/mol. The quantitative estimate of drug-likeness (QED) is 0.456. The predicted molar refractivity (Wildman–Crippen MR) is 65.5 cm³/mol. The highest BCUT2D eigenvalue weighted by atomic mass is 16.6. The Hall–Kier alpha value is -1.78. The normalized spacial score (nSPS) is 12.1. The van der Waals surface area contributed by atoms with Gasteiger partial charge in [0.1, 0.15) is 0 Å². The number of anilines is 2. The molecule has 0 spiro atoms. The number of nitrogen functional groups attached to an aromatic ring is 1. The average Bonchev–Trinajstić information content (AvgIpc) is 2.25. The maximum atomic E-state index is 10.6. The van der Waals surface area contributed by atoms with E-state index in [4.69, 9.17) is 5.73 Å². The van der Waals surface area contributed by atoms with Crippen LogP contribution in [-0.2, 0) is 0 Å². The minimum Gasteiger partial charge on any atom is -0.398 e. The van der Waals surface area contributed by atoms with Crippen molar-refractivity contribution in [1.29, 1.82) is 0 Å². The van der Waals surface area contributed by atoms with Crippen molar-refractivity contribution in [2.24, 2.45) is 5.92 Å². The molecule has 1 unspecified atom stereocenters. The standard InChI is InChI=1S/C11H17N3O2/c1-3-8(2)7-13-10-4-9(12)5-11(6-10)14(15)16/h4-6,8,13H,3,7,12H2,1-2H3. The molecule has 5 nitrogen and oxygen atoms in total. The number of non-ortho nitro benzene ring substituents is 1. The lowest BCUT2D eigenvalue weighted by Crippen LogP contribution is -2.10. The molecule has 0 amide bonds. The number of nitrogens with zero attached hydrogens (tertiary/aromatic N) is 1. The summed E-state index contributed by atoms with van der Waals surface area (Å²) in [4.78, 5) is 10.2. The molecule has 0 saturated carbocycles. The van der Waals surface area contributed by atoms with Gasteiger partial charge in [-0.1, -0.05) is 20.3 Å². The fourth-order valence-corrected chi connectivity index (χ4v) is 1.28. The Morgan fingerprint density at radius 2 is 2.19 bits per heavy atom. The summed E-state index contributed by atoms with van der Waals surface area (Å²) in [6.07, 6.45) is 1.07. The van der Waals surface area contributed by atoms with E-state index >= 15 is 0 Å². The first kappa shape index (κ1) is 12.3. The van der Waals surface area contributed by atoms with Gasteiger partial charge in [0.2, 0.25) is 0 Å². The molecule has 0 fully saturated rings. The van der Waals surface area contributed by atoms with Crippen molar-refractivity contribution < 1.29 is 4.92 Å². The highest BCUT2D eigenvalue weighted by Crippen LogP contribution is 2.22. The van der Waals surface area contributed by atoms with Gasteiger partial charge in [-0.3, -0.25) is 10.1 Å². The number of hydrogen-bond donors (Lipinski definition) is 2. The van der Waals surface area contributed by atoms with Crippen LogP contribution in [0, 0.1) is 16.0 Å². The first-order valence-electron chi connectivity index (χ1n) is 5.31. The number of hydrogen-bond acceptors (Lipinski definition) is 4. The molecule has 0 bridgehead atoms. The van der Waals surface area contributed by atoms with E-state index in [0.717, 1.165) is 13.0 Å². The zero-order valence-corrected chi connectivity index (χ0v) is 9.56. The molecule has 88 valence electrons. The van der Waals surface area contributed by atoms with E-state index in [1.54, 1.807) is 6.07 Å². The summed E-state index contributed by atoms with van der Waals surface area (Å²) < 4.78 is 0. The summed E-state index contributed by atoms with van der Waals surface area (Å²) in [5.41, 5.74) is 6.72. The Kier molecular flexibility index (Phi) is 4.10. The molecule has 0 radical (unpaired) electrons. The number of nitro benzene ring substituents is 1. The maximum absolute atomic E-state index is 10.6. The Morgan fingerprint density at radius 3 is 2.75 bits per heavy atom. The third-order valence-electron chi connectivity index (χ3n) is 2.50. The lowest BCUT2D eigenvalue weighted by atomic mass is 10.1. The van der Waals surface area contributed by atoms with Crippen molar-refractivity contribution in [2.45, 2.75) is 20.3 Å². The summed E-state index contributed by atoms with van der Waals surface area (Å²) in [7, 11) is 0. The Morgan fingerprint density at radius 1 is 1.50 bits per heavy atom. The molecule has 0 aliphatic carbocycles. The van der Waals surface area contributed by atoms with E-state index in [2.05, 4.69) is 19.2 Å². The Balaban J connectivity index is 2.76.